The van der Waals surface area contributed by atoms with Crippen LogP contribution in [0.4, 0.5) is 16.3 Å². The fraction of sp³-hybridized carbons (Fsp3) is 0.350. The van der Waals surface area contributed by atoms with Crippen LogP contribution in [0, 0.1) is 6.92 Å². The summed E-state index contributed by atoms with van der Waals surface area (Å²) >= 11 is 0. The van der Waals surface area contributed by atoms with Gasteiger partial charge in [-0.05, 0) is 83.5 Å². The van der Waals surface area contributed by atoms with Crippen LogP contribution in [0.1, 0.15) is 77.9 Å². The van der Waals surface area contributed by atoms with Crippen LogP contribution in [0.5, 0.6) is 5.75 Å². The molecule has 9 nitrogen and oxygen atoms in total. The van der Waals surface area contributed by atoms with E-state index in [1.165, 1.54) is 0 Å². The summed E-state index contributed by atoms with van der Waals surface area (Å²) in [5.74, 6) is 0.956. The van der Waals surface area contributed by atoms with E-state index in [-0.39, 0.29) is 23.8 Å². The zero-order valence-corrected chi connectivity index (χ0v) is 30.0. The first-order valence-corrected chi connectivity index (χ1v) is 16.6. The summed E-state index contributed by atoms with van der Waals surface area (Å²) in [7, 11) is 0. The summed E-state index contributed by atoms with van der Waals surface area (Å²) in [6.07, 6.45) is 2.40. The fourth-order valence-corrected chi connectivity index (χ4v) is 5.54. The van der Waals surface area contributed by atoms with Crippen LogP contribution in [0.3, 0.4) is 0 Å². The van der Waals surface area contributed by atoms with Gasteiger partial charge < -0.3 is 14.8 Å². The molecule has 2 heterocycles. The van der Waals surface area contributed by atoms with Gasteiger partial charge in [0.05, 0.1) is 29.2 Å². The summed E-state index contributed by atoms with van der Waals surface area (Å²) < 4.78 is 13.8. The van der Waals surface area contributed by atoms with Gasteiger partial charge in [0, 0.05) is 34.9 Å². The third kappa shape index (κ3) is 9.25. The molecule has 0 aliphatic heterocycles. The van der Waals surface area contributed by atoms with Crippen molar-refractivity contribution in [2.45, 2.75) is 91.8 Å². The highest BCUT2D eigenvalue weighted by Crippen LogP contribution is 2.35. The molecule has 0 atom stereocenters. The number of aromatic nitrogens is 3. The summed E-state index contributed by atoms with van der Waals surface area (Å²) in [5, 5.41) is 12.6. The second-order valence-corrected chi connectivity index (χ2v) is 15.1. The van der Waals surface area contributed by atoms with E-state index in [9.17, 15) is 9.59 Å². The molecule has 0 aliphatic rings. The highest BCUT2D eigenvalue weighted by Gasteiger charge is 2.25. The van der Waals surface area contributed by atoms with Crippen molar-refractivity contribution in [2.24, 2.45) is 0 Å². The molecule has 0 aliphatic carbocycles. The van der Waals surface area contributed by atoms with Gasteiger partial charge in [0.25, 0.3) is 0 Å². The number of fused-ring (bicyclic) bond motifs is 1. The third-order valence-electron chi connectivity index (χ3n) is 7.77. The molecule has 3 aromatic carbocycles. The lowest BCUT2D eigenvalue weighted by Gasteiger charge is -2.28. The SMILES string of the molecule is Cc1ccc(-n2nc(C(C)(C)C)cc2NC(=O)Nc2ccc(OC(C)(C)Cc3ccnc(CC(=O)OC(C)(C)C)c3)c3ccccc23)cc1. The number of aryl methyl sites for hydroxylation is 1. The zero-order valence-electron chi connectivity index (χ0n) is 30.0. The largest absolute Gasteiger partial charge is 0.487 e. The molecule has 0 saturated heterocycles. The van der Waals surface area contributed by atoms with Crippen molar-refractivity contribution in [1.82, 2.24) is 14.8 Å². The van der Waals surface area contributed by atoms with Crippen LogP contribution in [-0.4, -0.2) is 38.0 Å². The van der Waals surface area contributed by atoms with Crippen LogP contribution in [0.2, 0.25) is 0 Å². The molecule has 9 heteroatoms. The number of nitrogens with zero attached hydrogens (tertiary/aromatic N) is 3. The van der Waals surface area contributed by atoms with Crippen molar-refractivity contribution in [3.05, 3.63) is 108 Å². The molecule has 2 N–H and O–H groups in total. The molecule has 49 heavy (non-hydrogen) atoms. The highest BCUT2D eigenvalue weighted by molar-refractivity contribution is 6.07. The number of anilines is 2. The summed E-state index contributed by atoms with van der Waals surface area (Å²) in [6.45, 7) is 17.9. The number of rotatable bonds is 9. The first kappa shape index (κ1) is 35.1. The van der Waals surface area contributed by atoms with Gasteiger partial charge in [-0.3, -0.25) is 15.1 Å². The van der Waals surface area contributed by atoms with Gasteiger partial charge in [-0.25, -0.2) is 9.48 Å². The van der Waals surface area contributed by atoms with Gasteiger partial charge in [0.1, 0.15) is 22.8 Å². The topological polar surface area (TPSA) is 107 Å². The normalized spacial score (nSPS) is 12.1. The lowest BCUT2D eigenvalue weighted by molar-refractivity contribution is -0.154. The first-order chi connectivity index (χ1) is 23.0. The van der Waals surface area contributed by atoms with E-state index in [0.29, 0.717) is 29.4 Å². The molecule has 256 valence electrons. The van der Waals surface area contributed by atoms with Crippen molar-refractivity contribution in [2.75, 3.05) is 10.6 Å². The Hall–Kier alpha value is -5.18. The van der Waals surface area contributed by atoms with Gasteiger partial charge in [0.15, 0.2) is 0 Å². The molecule has 0 radical (unpaired) electrons. The first-order valence-electron chi connectivity index (χ1n) is 16.6. The highest BCUT2D eigenvalue weighted by atomic mass is 16.6. The number of hydrogen-bond donors (Lipinski definition) is 2. The second-order valence-electron chi connectivity index (χ2n) is 15.1. The van der Waals surface area contributed by atoms with Gasteiger partial charge >= 0.3 is 12.0 Å². The Morgan fingerprint density at radius 2 is 1.51 bits per heavy atom. The Kier molecular flexibility index (Phi) is 9.85. The van der Waals surface area contributed by atoms with E-state index in [4.69, 9.17) is 14.6 Å². The average molecular weight is 662 g/mol. The minimum atomic E-state index is -0.598. The fourth-order valence-electron chi connectivity index (χ4n) is 5.54. The zero-order chi connectivity index (χ0) is 35.6. The Bertz CT molecular complexity index is 1960. The maximum atomic E-state index is 13.5. The van der Waals surface area contributed by atoms with Crippen LogP contribution in [-0.2, 0) is 27.8 Å². The van der Waals surface area contributed by atoms with Crippen LogP contribution in [0.15, 0.2) is 85.1 Å². The van der Waals surface area contributed by atoms with E-state index < -0.39 is 11.2 Å². The Labute approximate surface area is 289 Å². The van der Waals surface area contributed by atoms with Crippen molar-refractivity contribution < 1.29 is 19.1 Å². The summed E-state index contributed by atoms with van der Waals surface area (Å²) in [5.41, 5.74) is 3.81. The summed E-state index contributed by atoms with van der Waals surface area (Å²) in [6, 6.07) is 25.0. The third-order valence-corrected chi connectivity index (χ3v) is 7.77. The minimum absolute atomic E-state index is 0.102. The van der Waals surface area contributed by atoms with Crippen molar-refractivity contribution >= 4 is 34.3 Å². The lowest BCUT2D eigenvalue weighted by atomic mass is 9.92. The number of carbonyl (C=O) groups excluding carboxylic acids is 2. The maximum Gasteiger partial charge on any atom is 0.324 e. The van der Waals surface area contributed by atoms with Crippen molar-refractivity contribution in [3.63, 3.8) is 0 Å². The molecule has 5 aromatic rings. The number of urea groups is 1. The molecule has 0 bridgehead atoms. The van der Waals surface area contributed by atoms with E-state index in [1.54, 1.807) is 10.9 Å². The Morgan fingerprint density at radius 1 is 0.816 bits per heavy atom. The summed E-state index contributed by atoms with van der Waals surface area (Å²) in [4.78, 5) is 30.2. The average Bonchev–Trinajstić information content (AvgIpc) is 3.42. The molecule has 5 rings (SSSR count). The monoisotopic (exact) mass is 661 g/mol. The van der Waals surface area contributed by atoms with E-state index >= 15 is 0 Å². The number of esters is 1. The van der Waals surface area contributed by atoms with Crippen molar-refractivity contribution in [1.29, 1.82) is 0 Å². The number of ether oxygens (including phenoxy) is 2. The standard InChI is InChI=1S/C40H47N5O4/c1-26-14-16-29(17-15-26)45-35(24-34(44-45)38(2,3)4)43-37(47)42-32-18-19-33(31-13-11-10-12-30(31)32)48-40(8,9)25-27-20-21-41-28(22-27)23-36(46)49-39(5,6)7/h10-22,24H,23,25H2,1-9H3,(H2,42,43,47). The maximum absolute atomic E-state index is 13.5. The molecule has 0 spiro atoms. The van der Waals surface area contributed by atoms with Crippen molar-refractivity contribution in [3.8, 4) is 11.4 Å². The van der Waals surface area contributed by atoms with E-state index in [2.05, 4.69) is 36.4 Å². The molecule has 0 saturated carbocycles. The van der Waals surface area contributed by atoms with E-state index in [0.717, 1.165) is 33.3 Å². The Balaban J connectivity index is 1.33. The molecule has 0 fully saturated rings. The van der Waals surface area contributed by atoms with Gasteiger partial charge in [-0.1, -0.05) is 62.7 Å². The predicted octanol–water partition coefficient (Wildman–Crippen LogP) is 8.95. The Morgan fingerprint density at radius 3 is 2.18 bits per heavy atom. The minimum Gasteiger partial charge on any atom is -0.487 e. The van der Waals surface area contributed by atoms with Crippen LogP contribution >= 0.6 is 0 Å². The smallest absolute Gasteiger partial charge is 0.324 e. The van der Waals surface area contributed by atoms with E-state index in [1.807, 2.05) is 120 Å². The molecule has 2 amide bonds. The number of carbonyl (C=O) groups is 2. The number of benzene rings is 3. The number of amides is 2. The molecular formula is C40H47N5O4. The number of hydrogen-bond acceptors (Lipinski definition) is 6. The van der Waals surface area contributed by atoms with Gasteiger partial charge in [-0.15, -0.1) is 0 Å². The van der Waals surface area contributed by atoms with Crippen LogP contribution < -0.4 is 15.4 Å². The quantitative estimate of drug-likeness (QED) is 0.153. The van der Waals surface area contributed by atoms with Crippen LogP contribution in [0.25, 0.3) is 16.5 Å². The van der Waals surface area contributed by atoms with Gasteiger partial charge in [0.2, 0.25) is 0 Å². The van der Waals surface area contributed by atoms with Gasteiger partial charge in [-0.2, -0.15) is 5.10 Å². The predicted molar refractivity (Wildman–Crippen MR) is 196 cm³/mol. The molecular weight excluding hydrogens is 614 g/mol. The molecule has 2 aromatic heterocycles. The second kappa shape index (κ2) is 13.7. The number of nitrogens with one attached hydrogen (secondary N) is 2. The lowest BCUT2D eigenvalue weighted by Crippen LogP contribution is -2.31. The molecule has 0 unspecified atom stereocenters. The number of pyridine rings is 1.